The van der Waals surface area contributed by atoms with E-state index in [9.17, 15) is 4.79 Å². The van der Waals surface area contributed by atoms with Crippen molar-refractivity contribution in [2.75, 3.05) is 25.4 Å². The number of pyridine rings is 1. The van der Waals surface area contributed by atoms with Crippen LogP contribution in [0.5, 0.6) is 0 Å². The van der Waals surface area contributed by atoms with E-state index in [1.165, 1.54) is 0 Å². The standard InChI is InChI=1S/C29H36N6O2/c1-4-5-10-25-34-26-27(23-8-6-7-9-24(23)33-28(26)30)35(25)19-22-13-11-21(12-14-22)18-32-29(36)37-16-15-31-17-20(2)3/h6-9,11-14,31H,2,4-5,10,15-19H2,1,3H3,(H2,30,33)(H,32,36). The van der Waals surface area contributed by atoms with Gasteiger partial charge >= 0.3 is 6.09 Å². The van der Waals surface area contributed by atoms with E-state index in [-0.39, 0.29) is 0 Å². The Kier molecular flexibility index (Phi) is 8.74. The number of anilines is 1. The topological polar surface area (TPSA) is 107 Å². The zero-order chi connectivity index (χ0) is 26.2. The van der Waals surface area contributed by atoms with E-state index in [0.717, 1.165) is 63.7 Å². The number of nitrogen functional groups attached to an aromatic ring is 1. The van der Waals surface area contributed by atoms with E-state index < -0.39 is 6.09 Å². The monoisotopic (exact) mass is 500 g/mol. The van der Waals surface area contributed by atoms with Crippen molar-refractivity contribution in [3.8, 4) is 0 Å². The van der Waals surface area contributed by atoms with Crippen LogP contribution < -0.4 is 16.4 Å². The van der Waals surface area contributed by atoms with Crippen LogP contribution in [-0.4, -0.2) is 40.3 Å². The summed E-state index contributed by atoms with van der Waals surface area (Å²) in [5.74, 6) is 1.48. The van der Waals surface area contributed by atoms with Gasteiger partial charge in [-0.2, -0.15) is 0 Å². The average molecular weight is 501 g/mol. The minimum absolute atomic E-state index is 0.312. The molecular formula is C29H36N6O2. The molecule has 0 aliphatic rings. The number of nitrogens with two attached hydrogens (primary N) is 1. The summed E-state index contributed by atoms with van der Waals surface area (Å²) in [6.45, 7) is 10.7. The van der Waals surface area contributed by atoms with Gasteiger partial charge in [-0.1, -0.05) is 68.0 Å². The van der Waals surface area contributed by atoms with Crippen molar-refractivity contribution in [3.05, 3.63) is 77.6 Å². The molecule has 0 fully saturated rings. The summed E-state index contributed by atoms with van der Waals surface area (Å²) in [4.78, 5) is 21.5. The lowest BCUT2D eigenvalue weighted by Gasteiger charge is -2.12. The molecule has 4 N–H and O–H groups in total. The molecule has 4 aromatic rings. The largest absolute Gasteiger partial charge is 0.448 e. The predicted molar refractivity (Wildman–Crippen MR) is 149 cm³/mol. The second kappa shape index (κ2) is 12.4. The lowest BCUT2D eigenvalue weighted by atomic mass is 10.1. The number of hydrogen-bond donors (Lipinski definition) is 3. The van der Waals surface area contributed by atoms with Gasteiger partial charge in [-0.25, -0.2) is 14.8 Å². The van der Waals surface area contributed by atoms with Gasteiger partial charge in [-0.15, -0.1) is 0 Å². The van der Waals surface area contributed by atoms with E-state index in [4.69, 9.17) is 15.5 Å². The molecule has 0 radical (unpaired) electrons. The Labute approximate surface area is 217 Å². The summed E-state index contributed by atoms with van der Waals surface area (Å²) < 4.78 is 7.48. The van der Waals surface area contributed by atoms with Crippen molar-refractivity contribution in [3.63, 3.8) is 0 Å². The molecule has 0 saturated heterocycles. The smallest absolute Gasteiger partial charge is 0.407 e. The minimum Gasteiger partial charge on any atom is -0.448 e. The Bertz CT molecular complexity index is 1380. The SMILES string of the molecule is C=C(C)CNCCOC(=O)NCc1ccc(Cn2c(CCCC)nc3c(N)nc4ccccc4c32)cc1. The molecule has 0 spiro atoms. The maximum atomic E-state index is 12.0. The van der Waals surface area contributed by atoms with Gasteiger partial charge in [0, 0.05) is 38.0 Å². The number of nitrogens with zero attached hydrogens (tertiary/aromatic N) is 3. The number of benzene rings is 2. The number of nitrogens with one attached hydrogen (secondary N) is 2. The van der Waals surface area contributed by atoms with Crippen molar-refractivity contribution in [1.82, 2.24) is 25.2 Å². The highest BCUT2D eigenvalue weighted by Crippen LogP contribution is 2.30. The highest BCUT2D eigenvalue weighted by molar-refractivity contribution is 6.06. The van der Waals surface area contributed by atoms with Crippen LogP contribution in [0.4, 0.5) is 10.6 Å². The molecule has 2 heterocycles. The van der Waals surface area contributed by atoms with Crippen LogP contribution in [0.3, 0.4) is 0 Å². The Morgan fingerprint density at radius 1 is 1.11 bits per heavy atom. The third kappa shape index (κ3) is 6.65. The first-order valence-electron chi connectivity index (χ1n) is 12.8. The fourth-order valence-electron chi connectivity index (χ4n) is 4.29. The number of carbonyl (C=O) groups excluding carboxylic acids is 1. The maximum Gasteiger partial charge on any atom is 0.407 e. The fourth-order valence-corrected chi connectivity index (χ4v) is 4.29. The molecule has 0 unspecified atom stereocenters. The molecule has 2 aromatic heterocycles. The molecule has 8 heteroatoms. The highest BCUT2D eigenvalue weighted by atomic mass is 16.5. The van der Waals surface area contributed by atoms with Gasteiger partial charge in [0.15, 0.2) is 5.82 Å². The number of aryl methyl sites for hydroxylation is 1. The first kappa shape index (κ1) is 26.2. The molecule has 0 aliphatic heterocycles. The van der Waals surface area contributed by atoms with E-state index in [1.54, 1.807) is 0 Å². The zero-order valence-corrected chi connectivity index (χ0v) is 21.7. The van der Waals surface area contributed by atoms with Crippen LogP contribution in [0.25, 0.3) is 21.9 Å². The van der Waals surface area contributed by atoms with Crippen LogP contribution in [0, 0.1) is 0 Å². The van der Waals surface area contributed by atoms with Crippen LogP contribution in [0.15, 0.2) is 60.7 Å². The molecule has 4 rings (SSSR count). The van der Waals surface area contributed by atoms with Gasteiger partial charge in [0.2, 0.25) is 0 Å². The summed E-state index contributed by atoms with van der Waals surface area (Å²) in [5.41, 5.74) is 12.2. The first-order valence-corrected chi connectivity index (χ1v) is 12.8. The highest BCUT2D eigenvalue weighted by Gasteiger charge is 2.17. The first-order chi connectivity index (χ1) is 18.0. The number of aromatic nitrogens is 3. The summed E-state index contributed by atoms with van der Waals surface area (Å²) in [6.07, 6.45) is 2.60. The van der Waals surface area contributed by atoms with Crippen molar-refractivity contribution < 1.29 is 9.53 Å². The number of carbonyl (C=O) groups is 1. The van der Waals surface area contributed by atoms with Gasteiger partial charge < -0.3 is 25.7 Å². The lowest BCUT2D eigenvalue weighted by molar-refractivity contribution is 0.146. The van der Waals surface area contributed by atoms with Gasteiger partial charge in [-0.3, -0.25) is 0 Å². The Morgan fingerprint density at radius 2 is 1.86 bits per heavy atom. The van der Waals surface area contributed by atoms with Crippen molar-refractivity contribution in [2.24, 2.45) is 0 Å². The Hall–Kier alpha value is -3.91. The van der Waals surface area contributed by atoms with Crippen LogP contribution in [0.1, 0.15) is 43.6 Å². The van der Waals surface area contributed by atoms with Crippen LogP contribution in [0.2, 0.25) is 0 Å². The van der Waals surface area contributed by atoms with Crippen molar-refractivity contribution >= 4 is 33.8 Å². The molecule has 37 heavy (non-hydrogen) atoms. The third-order valence-electron chi connectivity index (χ3n) is 6.18. The molecule has 2 aromatic carbocycles. The second-order valence-corrected chi connectivity index (χ2v) is 9.37. The van der Waals surface area contributed by atoms with E-state index in [1.807, 2.05) is 37.3 Å². The number of hydrogen-bond acceptors (Lipinski definition) is 6. The van der Waals surface area contributed by atoms with Crippen molar-refractivity contribution in [2.45, 2.75) is 46.2 Å². The van der Waals surface area contributed by atoms with Crippen LogP contribution >= 0.6 is 0 Å². The van der Waals surface area contributed by atoms with Gasteiger partial charge in [0.25, 0.3) is 0 Å². The molecule has 194 valence electrons. The van der Waals surface area contributed by atoms with Crippen LogP contribution in [-0.2, 0) is 24.2 Å². The fraction of sp³-hybridized carbons (Fsp3) is 0.345. The molecule has 0 bridgehead atoms. The number of rotatable bonds is 12. The molecule has 0 aliphatic carbocycles. The molecular weight excluding hydrogens is 464 g/mol. The van der Waals surface area contributed by atoms with E-state index in [0.29, 0.717) is 38.6 Å². The normalized spacial score (nSPS) is 11.2. The summed E-state index contributed by atoms with van der Waals surface area (Å²) in [6, 6.07) is 16.3. The number of para-hydroxylation sites is 1. The molecule has 0 saturated carbocycles. The maximum absolute atomic E-state index is 12.0. The van der Waals surface area contributed by atoms with Gasteiger partial charge in [0.05, 0.1) is 11.0 Å². The second-order valence-electron chi connectivity index (χ2n) is 9.37. The van der Waals surface area contributed by atoms with Crippen molar-refractivity contribution in [1.29, 1.82) is 0 Å². The van der Waals surface area contributed by atoms with E-state index in [2.05, 4.69) is 51.9 Å². The number of ether oxygens (including phenoxy) is 1. The van der Waals surface area contributed by atoms with E-state index >= 15 is 0 Å². The number of fused-ring (bicyclic) bond motifs is 3. The lowest BCUT2D eigenvalue weighted by Crippen LogP contribution is -2.28. The minimum atomic E-state index is -0.426. The third-order valence-corrected chi connectivity index (χ3v) is 6.18. The summed E-state index contributed by atoms with van der Waals surface area (Å²) in [7, 11) is 0. The molecule has 8 nitrogen and oxygen atoms in total. The molecule has 0 atom stereocenters. The summed E-state index contributed by atoms with van der Waals surface area (Å²) >= 11 is 0. The quantitative estimate of drug-likeness (QED) is 0.188. The number of unbranched alkanes of at least 4 members (excludes halogenated alkanes) is 1. The summed E-state index contributed by atoms with van der Waals surface area (Å²) in [5, 5.41) is 7.01. The zero-order valence-electron chi connectivity index (χ0n) is 21.7. The Balaban J connectivity index is 1.45. The predicted octanol–water partition coefficient (Wildman–Crippen LogP) is 4.95. The Morgan fingerprint density at radius 3 is 2.62 bits per heavy atom. The number of alkyl carbamates (subject to hydrolysis) is 1. The number of imidazole rings is 1. The van der Waals surface area contributed by atoms with Gasteiger partial charge in [0.1, 0.15) is 17.9 Å². The molecule has 1 amide bonds. The number of amides is 1. The average Bonchev–Trinajstić information content (AvgIpc) is 3.25. The van der Waals surface area contributed by atoms with Gasteiger partial charge in [-0.05, 0) is 30.5 Å².